The number of nitrogens with one attached hydrogen (secondary N) is 2. The van der Waals surface area contributed by atoms with Gasteiger partial charge in [-0.2, -0.15) is 0 Å². The molecular weight excluding hydrogens is 288 g/mol. The average molecular weight is 309 g/mol. The fraction of sp³-hybridized carbons (Fsp3) is 0.316. The number of aromatic nitrogens is 1. The number of fused-ring (bicyclic) bond motifs is 3. The maximum absolute atomic E-state index is 13.0. The van der Waals surface area contributed by atoms with E-state index in [9.17, 15) is 4.79 Å². The van der Waals surface area contributed by atoms with Gasteiger partial charge in [0, 0.05) is 16.5 Å². The molecule has 0 bridgehead atoms. The van der Waals surface area contributed by atoms with Gasteiger partial charge < -0.3 is 14.6 Å². The molecule has 0 saturated carbocycles. The molecule has 3 aromatic rings. The van der Waals surface area contributed by atoms with Gasteiger partial charge in [0.25, 0.3) is 0 Å². The number of ether oxygens (including phenoxy) is 1. The molecule has 1 fully saturated rings. The summed E-state index contributed by atoms with van der Waals surface area (Å²) in [7, 11) is 0. The van der Waals surface area contributed by atoms with E-state index in [-0.39, 0.29) is 5.43 Å². The Morgan fingerprint density at radius 2 is 1.87 bits per heavy atom. The predicted octanol–water partition coefficient (Wildman–Crippen LogP) is 1.40. The summed E-state index contributed by atoms with van der Waals surface area (Å²) in [5, 5.41) is 3.05. The lowest BCUT2D eigenvalue weighted by atomic mass is 10.0. The second kappa shape index (κ2) is 5.80. The quantitative estimate of drug-likeness (QED) is 0.703. The van der Waals surface area contributed by atoms with Crippen molar-refractivity contribution >= 4 is 21.7 Å². The third kappa shape index (κ3) is 2.54. The third-order valence-corrected chi connectivity index (χ3v) is 4.84. The fourth-order valence-corrected chi connectivity index (χ4v) is 3.49. The van der Waals surface area contributed by atoms with Crippen LogP contribution in [0.5, 0.6) is 0 Å². The molecule has 2 heterocycles. The number of aryl methyl sites for hydroxylation is 1. The predicted molar refractivity (Wildman–Crippen MR) is 92.0 cm³/mol. The standard InChI is InChI=1S/C19H20N2O2/c1-13-17(12-21-8-10-23-11-9-21)19(22)16-7-6-14-4-2-3-5-15(14)18(16)20-13/h2-7H,8-12H2,1H3,(H,20,22)/p+1. The zero-order valence-electron chi connectivity index (χ0n) is 13.3. The van der Waals surface area contributed by atoms with Crippen molar-refractivity contribution < 1.29 is 9.64 Å². The normalized spacial score (nSPS) is 16.2. The zero-order valence-corrected chi connectivity index (χ0v) is 13.3. The number of hydrogen-bond acceptors (Lipinski definition) is 2. The molecule has 4 heteroatoms. The molecule has 4 nitrogen and oxygen atoms in total. The first-order valence-corrected chi connectivity index (χ1v) is 8.18. The SMILES string of the molecule is Cc1[nH]c2c(ccc3ccccc32)c(=O)c1C[NH+]1CCOCC1. The maximum atomic E-state index is 13.0. The van der Waals surface area contributed by atoms with E-state index in [1.54, 1.807) is 0 Å². The van der Waals surface area contributed by atoms with Crippen molar-refractivity contribution in [2.45, 2.75) is 13.5 Å². The molecule has 1 aliphatic heterocycles. The second-order valence-electron chi connectivity index (χ2n) is 6.31. The van der Waals surface area contributed by atoms with Crippen LogP contribution in [-0.2, 0) is 11.3 Å². The molecular formula is C19H21N2O2+. The van der Waals surface area contributed by atoms with Gasteiger partial charge in [-0.15, -0.1) is 0 Å². The van der Waals surface area contributed by atoms with Gasteiger partial charge in [-0.25, -0.2) is 0 Å². The summed E-state index contributed by atoms with van der Waals surface area (Å²) in [6, 6.07) is 12.2. The number of pyridine rings is 1. The van der Waals surface area contributed by atoms with Crippen LogP contribution in [0.3, 0.4) is 0 Å². The molecule has 2 aromatic carbocycles. The third-order valence-electron chi connectivity index (χ3n) is 4.84. The van der Waals surface area contributed by atoms with E-state index in [1.807, 2.05) is 31.2 Å². The summed E-state index contributed by atoms with van der Waals surface area (Å²) in [6.45, 7) is 6.28. The molecule has 0 radical (unpaired) electrons. The molecule has 1 aliphatic rings. The van der Waals surface area contributed by atoms with Crippen molar-refractivity contribution in [2.75, 3.05) is 26.3 Å². The van der Waals surface area contributed by atoms with Crippen LogP contribution in [0.2, 0.25) is 0 Å². The van der Waals surface area contributed by atoms with E-state index in [4.69, 9.17) is 4.74 Å². The number of hydrogen-bond donors (Lipinski definition) is 2. The summed E-state index contributed by atoms with van der Waals surface area (Å²) in [5.74, 6) is 0. The number of quaternary nitrogens is 1. The lowest BCUT2D eigenvalue weighted by molar-refractivity contribution is -0.921. The Morgan fingerprint density at radius 3 is 2.70 bits per heavy atom. The van der Waals surface area contributed by atoms with Gasteiger partial charge in [0.05, 0.1) is 24.3 Å². The van der Waals surface area contributed by atoms with E-state index >= 15 is 0 Å². The lowest BCUT2D eigenvalue weighted by Gasteiger charge is -2.24. The molecule has 2 N–H and O–H groups in total. The number of H-pyrrole nitrogens is 1. The van der Waals surface area contributed by atoms with Crippen molar-refractivity contribution in [1.29, 1.82) is 0 Å². The number of rotatable bonds is 2. The van der Waals surface area contributed by atoms with E-state index in [2.05, 4.69) is 17.1 Å². The second-order valence-corrected chi connectivity index (χ2v) is 6.31. The molecule has 0 aliphatic carbocycles. The van der Waals surface area contributed by atoms with Gasteiger partial charge in [0.1, 0.15) is 19.6 Å². The highest BCUT2D eigenvalue weighted by atomic mass is 16.5. The van der Waals surface area contributed by atoms with Crippen molar-refractivity contribution in [3.8, 4) is 0 Å². The van der Waals surface area contributed by atoms with Gasteiger partial charge in [-0.1, -0.05) is 30.3 Å². The summed E-state index contributed by atoms with van der Waals surface area (Å²) in [5.41, 5.74) is 3.01. The van der Waals surface area contributed by atoms with E-state index in [0.717, 1.165) is 65.8 Å². The van der Waals surface area contributed by atoms with Crippen LogP contribution in [0, 0.1) is 6.92 Å². The molecule has 4 rings (SSSR count). The van der Waals surface area contributed by atoms with Gasteiger partial charge in [-0.05, 0) is 18.4 Å². The van der Waals surface area contributed by atoms with E-state index < -0.39 is 0 Å². The van der Waals surface area contributed by atoms with Gasteiger partial charge in [0.2, 0.25) is 0 Å². The van der Waals surface area contributed by atoms with Crippen LogP contribution in [0.1, 0.15) is 11.3 Å². The topological polar surface area (TPSA) is 46.5 Å². The van der Waals surface area contributed by atoms with Crippen LogP contribution in [0.25, 0.3) is 21.7 Å². The molecule has 1 saturated heterocycles. The molecule has 0 unspecified atom stereocenters. The Morgan fingerprint density at radius 1 is 1.09 bits per heavy atom. The molecule has 0 atom stereocenters. The Bertz CT molecular complexity index is 924. The summed E-state index contributed by atoms with van der Waals surface area (Å²) in [4.78, 5) is 17.9. The lowest BCUT2D eigenvalue weighted by Crippen LogP contribution is -3.13. The van der Waals surface area contributed by atoms with Gasteiger partial charge in [0.15, 0.2) is 5.43 Å². The Labute approximate surface area is 134 Å². The van der Waals surface area contributed by atoms with Crippen LogP contribution in [0.4, 0.5) is 0 Å². The van der Waals surface area contributed by atoms with Crippen LogP contribution < -0.4 is 10.3 Å². The largest absolute Gasteiger partial charge is 0.370 e. The van der Waals surface area contributed by atoms with E-state index in [0.29, 0.717) is 0 Å². The minimum atomic E-state index is 0.168. The maximum Gasteiger partial charge on any atom is 0.198 e. The first-order valence-electron chi connectivity index (χ1n) is 8.18. The molecule has 23 heavy (non-hydrogen) atoms. The molecule has 0 spiro atoms. The van der Waals surface area contributed by atoms with Crippen LogP contribution >= 0.6 is 0 Å². The van der Waals surface area contributed by atoms with Crippen molar-refractivity contribution in [3.63, 3.8) is 0 Å². The fourth-order valence-electron chi connectivity index (χ4n) is 3.49. The Balaban J connectivity index is 1.86. The molecule has 0 amide bonds. The summed E-state index contributed by atoms with van der Waals surface area (Å²) < 4.78 is 5.41. The first-order chi connectivity index (χ1) is 11.2. The molecule has 1 aromatic heterocycles. The monoisotopic (exact) mass is 309 g/mol. The minimum absolute atomic E-state index is 0.168. The summed E-state index contributed by atoms with van der Waals surface area (Å²) >= 11 is 0. The number of morpholine rings is 1. The molecule has 118 valence electrons. The number of benzene rings is 2. The van der Waals surface area contributed by atoms with Crippen LogP contribution in [-0.4, -0.2) is 31.3 Å². The van der Waals surface area contributed by atoms with Crippen molar-refractivity contribution in [3.05, 3.63) is 57.9 Å². The average Bonchev–Trinajstić information content (AvgIpc) is 2.59. The van der Waals surface area contributed by atoms with Crippen LogP contribution in [0.15, 0.2) is 41.2 Å². The van der Waals surface area contributed by atoms with Gasteiger partial charge in [-0.3, -0.25) is 4.79 Å². The summed E-state index contributed by atoms with van der Waals surface area (Å²) in [6.07, 6.45) is 0. The Hall–Kier alpha value is -2.17. The van der Waals surface area contributed by atoms with Crippen molar-refractivity contribution in [1.82, 2.24) is 4.98 Å². The first kappa shape index (κ1) is 14.4. The highest BCUT2D eigenvalue weighted by molar-refractivity contribution is 6.05. The highest BCUT2D eigenvalue weighted by Gasteiger charge is 2.19. The van der Waals surface area contributed by atoms with E-state index in [1.165, 1.54) is 4.90 Å². The van der Waals surface area contributed by atoms with Crippen molar-refractivity contribution in [2.24, 2.45) is 0 Å². The number of aromatic amines is 1. The minimum Gasteiger partial charge on any atom is -0.370 e. The smallest absolute Gasteiger partial charge is 0.198 e. The zero-order chi connectivity index (χ0) is 15.8. The van der Waals surface area contributed by atoms with Gasteiger partial charge >= 0.3 is 0 Å². The Kier molecular flexibility index (Phi) is 3.63. The highest BCUT2D eigenvalue weighted by Crippen LogP contribution is 2.22.